The van der Waals surface area contributed by atoms with Crippen molar-refractivity contribution in [2.75, 3.05) is 5.73 Å². The van der Waals surface area contributed by atoms with Crippen molar-refractivity contribution in [2.24, 2.45) is 0 Å². The van der Waals surface area contributed by atoms with Crippen molar-refractivity contribution < 1.29 is 0 Å². The van der Waals surface area contributed by atoms with Gasteiger partial charge in [0.2, 0.25) is 0 Å². The Bertz CT molecular complexity index is 449. The van der Waals surface area contributed by atoms with Crippen molar-refractivity contribution in [3.8, 4) is 11.4 Å². The molecule has 0 fully saturated rings. The first-order chi connectivity index (χ1) is 7.33. The second-order valence-corrected chi connectivity index (χ2v) is 3.13. The fraction of sp³-hybridized carbons (Fsp3) is 0.333. The minimum atomic E-state index is 0.400. The lowest BCUT2D eigenvalue weighted by atomic mass is 10.3. The Morgan fingerprint density at radius 1 is 1.33 bits per heavy atom. The van der Waals surface area contributed by atoms with E-state index in [4.69, 9.17) is 5.73 Å². The van der Waals surface area contributed by atoms with E-state index in [1.807, 2.05) is 0 Å². The number of nitrogens with zero attached hydrogens (tertiary/aromatic N) is 5. The Morgan fingerprint density at radius 2 is 2.13 bits per heavy atom. The molecule has 0 saturated carbocycles. The van der Waals surface area contributed by atoms with Crippen LogP contribution in [0.3, 0.4) is 0 Å². The first kappa shape index (κ1) is 9.57. The van der Waals surface area contributed by atoms with Crippen LogP contribution >= 0.6 is 0 Å². The summed E-state index contributed by atoms with van der Waals surface area (Å²) in [5.74, 6) is 0.400. The van der Waals surface area contributed by atoms with Crippen LogP contribution in [0, 0.1) is 0 Å². The molecular formula is C9H12N6. The van der Waals surface area contributed by atoms with Crippen molar-refractivity contribution >= 4 is 5.82 Å². The van der Waals surface area contributed by atoms with Crippen molar-refractivity contribution in [1.82, 2.24) is 25.0 Å². The van der Waals surface area contributed by atoms with E-state index in [0.717, 1.165) is 18.7 Å². The molecule has 0 unspecified atom stereocenters. The molecule has 0 aliphatic carbocycles. The summed E-state index contributed by atoms with van der Waals surface area (Å²) in [4.78, 5) is 8.16. The van der Waals surface area contributed by atoms with Crippen LogP contribution < -0.4 is 5.73 Å². The first-order valence-corrected chi connectivity index (χ1v) is 4.78. The third-order valence-electron chi connectivity index (χ3n) is 2.02. The van der Waals surface area contributed by atoms with Gasteiger partial charge in [-0.2, -0.15) is 0 Å². The molecule has 2 aromatic heterocycles. The van der Waals surface area contributed by atoms with Crippen LogP contribution in [0.2, 0.25) is 0 Å². The second kappa shape index (κ2) is 4.04. The van der Waals surface area contributed by atoms with Gasteiger partial charge in [-0.3, -0.25) is 0 Å². The van der Waals surface area contributed by atoms with Gasteiger partial charge in [0.1, 0.15) is 11.4 Å². The maximum Gasteiger partial charge on any atom is 0.151 e. The van der Waals surface area contributed by atoms with Crippen LogP contribution in [-0.2, 0) is 6.54 Å². The van der Waals surface area contributed by atoms with Gasteiger partial charge < -0.3 is 5.73 Å². The molecule has 2 aromatic rings. The van der Waals surface area contributed by atoms with Gasteiger partial charge in [0.25, 0.3) is 0 Å². The Hall–Kier alpha value is -1.98. The Morgan fingerprint density at radius 3 is 2.87 bits per heavy atom. The molecule has 0 bridgehead atoms. The van der Waals surface area contributed by atoms with Gasteiger partial charge in [-0.15, -0.1) is 5.10 Å². The van der Waals surface area contributed by atoms with Crippen LogP contribution in [0.5, 0.6) is 0 Å². The predicted octanol–water partition coefficient (Wildman–Crippen LogP) is 0.727. The number of aryl methyl sites for hydroxylation is 1. The summed E-state index contributed by atoms with van der Waals surface area (Å²) in [6.07, 6.45) is 5.80. The van der Waals surface area contributed by atoms with Gasteiger partial charge in [0.05, 0.1) is 6.20 Å². The number of hydrogen-bond acceptors (Lipinski definition) is 5. The molecule has 0 atom stereocenters. The van der Waals surface area contributed by atoms with E-state index in [2.05, 4.69) is 27.2 Å². The van der Waals surface area contributed by atoms with Gasteiger partial charge >= 0.3 is 0 Å². The first-order valence-electron chi connectivity index (χ1n) is 4.78. The van der Waals surface area contributed by atoms with Gasteiger partial charge in [-0.25, -0.2) is 14.6 Å². The smallest absolute Gasteiger partial charge is 0.151 e. The minimum Gasteiger partial charge on any atom is -0.382 e. The highest BCUT2D eigenvalue weighted by Gasteiger charge is 2.10. The normalized spacial score (nSPS) is 10.5. The molecule has 2 N–H and O–H groups in total. The number of rotatable bonds is 3. The van der Waals surface area contributed by atoms with Crippen LogP contribution in [0.4, 0.5) is 5.82 Å². The van der Waals surface area contributed by atoms with E-state index in [0.29, 0.717) is 11.5 Å². The van der Waals surface area contributed by atoms with Gasteiger partial charge in [-0.1, -0.05) is 12.1 Å². The van der Waals surface area contributed by atoms with Crippen molar-refractivity contribution in [2.45, 2.75) is 19.9 Å². The highest BCUT2D eigenvalue weighted by molar-refractivity contribution is 5.65. The molecule has 0 saturated heterocycles. The summed E-state index contributed by atoms with van der Waals surface area (Å²) in [6, 6.07) is 0. The summed E-state index contributed by atoms with van der Waals surface area (Å²) in [5.41, 5.74) is 7.18. The minimum absolute atomic E-state index is 0.400. The second-order valence-electron chi connectivity index (χ2n) is 3.13. The van der Waals surface area contributed by atoms with E-state index in [1.165, 1.54) is 0 Å². The fourth-order valence-electron chi connectivity index (χ4n) is 1.36. The zero-order valence-electron chi connectivity index (χ0n) is 8.46. The van der Waals surface area contributed by atoms with Crippen LogP contribution in [0.15, 0.2) is 18.6 Å². The topological polar surface area (TPSA) is 82.5 Å². The molecule has 0 spiro atoms. The quantitative estimate of drug-likeness (QED) is 0.796. The molecule has 15 heavy (non-hydrogen) atoms. The highest BCUT2D eigenvalue weighted by Crippen LogP contribution is 2.19. The Kier molecular flexibility index (Phi) is 2.57. The molecule has 6 nitrogen and oxygen atoms in total. The monoisotopic (exact) mass is 204 g/mol. The molecular weight excluding hydrogens is 192 g/mol. The van der Waals surface area contributed by atoms with E-state index >= 15 is 0 Å². The van der Waals surface area contributed by atoms with Gasteiger partial charge in [0, 0.05) is 18.9 Å². The number of aromatic nitrogens is 5. The van der Waals surface area contributed by atoms with E-state index in [-0.39, 0.29) is 0 Å². The summed E-state index contributed by atoms with van der Waals surface area (Å²) >= 11 is 0. The van der Waals surface area contributed by atoms with Crippen LogP contribution in [0.1, 0.15) is 13.3 Å². The summed E-state index contributed by atoms with van der Waals surface area (Å²) in [5, 5.41) is 7.81. The molecule has 0 radical (unpaired) electrons. The standard InChI is InChI=1S/C9H12N6/c1-2-5-15-7(6-13-14-15)8-9(10)12-4-3-11-8/h3-4,6H,2,5H2,1H3,(H2,10,12). The predicted molar refractivity (Wildman–Crippen MR) is 55.8 cm³/mol. The lowest BCUT2D eigenvalue weighted by Crippen LogP contribution is -2.04. The molecule has 6 heteroatoms. The zero-order chi connectivity index (χ0) is 10.7. The zero-order valence-corrected chi connectivity index (χ0v) is 8.46. The van der Waals surface area contributed by atoms with Crippen molar-refractivity contribution in [3.63, 3.8) is 0 Å². The van der Waals surface area contributed by atoms with Gasteiger partial charge in [-0.05, 0) is 6.42 Å². The molecule has 0 amide bonds. The summed E-state index contributed by atoms with van der Waals surface area (Å²) in [6.45, 7) is 2.87. The fourth-order valence-corrected chi connectivity index (χ4v) is 1.36. The maximum absolute atomic E-state index is 5.73. The Balaban J connectivity index is 2.45. The molecule has 2 heterocycles. The largest absolute Gasteiger partial charge is 0.382 e. The summed E-state index contributed by atoms with van der Waals surface area (Å²) < 4.78 is 1.78. The molecule has 0 aromatic carbocycles. The lowest BCUT2D eigenvalue weighted by Gasteiger charge is -2.04. The number of anilines is 1. The molecule has 0 aliphatic heterocycles. The van der Waals surface area contributed by atoms with Crippen molar-refractivity contribution in [1.29, 1.82) is 0 Å². The lowest BCUT2D eigenvalue weighted by molar-refractivity contribution is 0.583. The van der Waals surface area contributed by atoms with E-state index in [9.17, 15) is 0 Å². The third-order valence-corrected chi connectivity index (χ3v) is 2.02. The molecule has 0 aliphatic rings. The third kappa shape index (κ3) is 1.78. The van der Waals surface area contributed by atoms with Gasteiger partial charge in [0.15, 0.2) is 5.82 Å². The highest BCUT2D eigenvalue weighted by atomic mass is 15.4. The number of hydrogen-bond donors (Lipinski definition) is 1. The molecule has 2 rings (SSSR count). The van der Waals surface area contributed by atoms with Crippen molar-refractivity contribution in [3.05, 3.63) is 18.6 Å². The average Bonchev–Trinajstić information content (AvgIpc) is 2.67. The average molecular weight is 204 g/mol. The van der Waals surface area contributed by atoms with Crippen LogP contribution in [0.25, 0.3) is 11.4 Å². The summed E-state index contributed by atoms with van der Waals surface area (Å²) in [7, 11) is 0. The van der Waals surface area contributed by atoms with E-state index < -0.39 is 0 Å². The number of nitrogen functional groups attached to an aromatic ring is 1. The number of nitrogens with two attached hydrogens (primary N) is 1. The van der Waals surface area contributed by atoms with E-state index in [1.54, 1.807) is 23.3 Å². The Labute approximate surface area is 87.2 Å². The maximum atomic E-state index is 5.73. The SMILES string of the molecule is CCCn1nncc1-c1nccnc1N. The van der Waals surface area contributed by atoms with Crippen LogP contribution in [-0.4, -0.2) is 25.0 Å². The molecule has 78 valence electrons.